The molecular weight excluding hydrogens is 570 g/mol. The molecule has 0 aliphatic heterocycles. The number of H-pyrrole nitrogens is 1. The van der Waals surface area contributed by atoms with Crippen LogP contribution in [0, 0.1) is 0 Å². The number of aromatic amines is 1. The van der Waals surface area contributed by atoms with Gasteiger partial charge in [-0.05, 0) is 67.7 Å². The Morgan fingerprint density at radius 1 is 0.689 bits per heavy atom. The predicted molar refractivity (Wildman–Crippen MR) is 175 cm³/mol. The van der Waals surface area contributed by atoms with Gasteiger partial charge < -0.3 is 38.4 Å². The first kappa shape index (κ1) is 29.9. The van der Waals surface area contributed by atoms with Gasteiger partial charge in [0.1, 0.15) is 31.3 Å². The summed E-state index contributed by atoms with van der Waals surface area (Å²) < 4.78 is 29.0. The summed E-state index contributed by atoms with van der Waals surface area (Å²) in [6.07, 6.45) is 0. The number of aromatic nitrogens is 1. The van der Waals surface area contributed by atoms with E-state index < -0.39 is 0 Å². The molecule has 6 rings (SSSR count). The van der Waals surface area contributed by atoms with E-state index in [9.17, 15) is 0 Å². The van der Waals surface area contributed by atoms with Gasteiger partial charge in [0.05, 0.1) is 27.0 Å². The molecule has 0 atom stereocenters. The number of benzene rings is 4. The molecule has 1 aliphatic carbocycles. The van der Waals surface area contributed by atoms with Gasteiger partial charge in [-0.15, -0.1) is 0 Å². The topological polar surface area (TPSA) is 86.8 Å². The van der Waals surface area contributed by atoms with Gasteiger partial charge in [0.2, 0.25) is 0 Å². The van der Waals surface area contributed by atoms with E-state index in [0.717, 1.165) is 56.7 Å². The fourth-order valence-corrected chi connectivity index (χ4v) is 5.39. The third-order valence-electron chi connectivity index (χ3n) is 7.71. The molecule has 0 fully saturated rings. The second-order valence-corrected chi connectivity index (χ2v) is 11.0. The van der Waals surface area contributed by atoms with E-state index in [0.29, 0.717) is 41.9 Å². The number of fused-ring (bicyclic) bond motifs is 5. The van der Waals surface area contributed by atoms with Crippen molar-refractivity contribution in [1.29, 1.82) is 0 Å². The van der Waals surface area contributed by atoms with Crippen LogP contribution in [0.5, 0.6) is 28.7 Å². The van der Waals surface area contributed by atoms with Crippen LogP contribution >= 0.6 is 0 Å². The van der Waals surface area contributed by atoms with Crippen molar-refractivity contribution in [3.63, 3.8) is 0 Å². The van der Waals surface area contributed by atoms with Crippen molar-refractivity contribution in [1.82, 2.24) is 9.88 Å². The minimum Gasteiger partial charge on any atom is -0.493 e. The van der Waals surface area contributed by atoms with Crippen molar-refractivity contribution in [3.05, 3.63) is 101 Å². The number of likely N-dealkylation sites (N-methyl/N-ethyl adjacent to an activating group) is 1. The van der Waals surface area contributed by atoms with E-state index in [4.69, 9.17) is 33.7 Å². The van der Waals surface area contributed by atoms with Crippen LogP contribution in [0.25, 0.3) is 22.2 Å². The van der Waals surface area contributed by atoms with Gasteiger partial charge in [-0.1, -0.05) is 41.6 Å². The molecule has 1 aliphatic rings. The van der Waals surface area contributed by atoms with Crippen molar-refractivity contribution < 1.29 is 28.5 Å². The molecule has 0 spiro atoms. The lowest BCUT2D eigenvalue weighted by Gasteiger charge is -2.13. The van der Waals surface area contributed by atoms with Gasteiger partial charge >= 0.3 is 0 Å². The van der Waals surface area contributed by atoms with E-state index in [1.807, 2.05) is 86.9 Å². The number of rotatable bonds is 13. The molecule has 0 saturated heterocycles. The Bertz CT molecular complexity index is 1830. The summed E-state index contributed by atoms with van der Waals surface area (Å²) in [5, 5.41) is 5.70. The molecule has 0 saturated carbocycles. The maximum Gasteiger partial charge on any atom is 0.161 e. The van der Waals surface area contributed by atoms with Crippen molar-refractivity contribution in [2.45, 2.75) is 13.2 Å². The average Bonchev–Trinajstić information content (AvgIpc) is 3.57. The summed E-state index contributed by atoms with van der Waals surface area (Å²) >= 11 is 0. The summed E-state index contributed by atoms with van der Waals surface area (Å²) in [6.45, 7) is 2.09. The molecule has 5 aromatic rings. The van der Waals surface area contributed by atoms with Crippen LogP contribution in [0.2, 0.25) is 0 Å². The van der Waals surface area contributed by atoms with Crippen LogP contribution < -0.4 is 23.7 Å². The molecule has 0 amide bonds. The van der Waals surface area contributed by atoms with Crippen LogP contribution in [-0.2, 0) is 18.1 Å². The maximum absolute atomic E-state index is 6.06. The molecule has 0 bridgehead atoms. The van der Waals surface area contributed by atoms with Gasteiger partial charge in [0.25, 0.3) is 0 Å². The highest BCUT2D eigenvalue weighted by molar-refractivity contribution is 6.30. The van der Waals surface area contributed by atoms with E-state index >= 15 is 0 Å². The van der Waals surface area contributed by atoms with Crippen LogP contribution in [0.15, 0.2) is 84.0 Å². The molecule has 0 unspecified atom stereocenters. The molecule has 1 N–H and O–H groups in total. The Kier molecular flexibility index (Phi) is 8.79. The largest absolute Gasteiger partial charge is 0.493 e. The Morgan fingerprint density at radius 3 is 2.16 bits per heavy atom. The predicted octanol–water partition coefficient (Wildman–Crippen LogP) is 6.66. The quantitative estimate of drug-likeness (QED) is 0.147. The zero-order valence-electron chi connectivity index (χ0n) is 26.2. The summed E-state index contributed by atoms with van der Waals surface area (Å²) in [4.78, 5) is 11.7. The highest BCUT2D eigenvalue weighted by Gasteiger charge is 2.32. The minimum absolute atomic E-state index is 0.234. The van der Waals surface area contributed by atoms with Crippen molar-refractivity contribution in [2.24, 2.45) is 5.16 Å². The standard InChI is InChI=1S/C36H37N3O6/c1-39(2)15-16-43-25-12-13-29-28(18-25)34-35(37-29)26-19-32(41-4)33(42-5)20-27(26)36(34)38-45-22-24-11-14-30(31(17-24)40-3)44-21-23-9-7-6-8-10-23/h6-14,17-20,37H,15-16,21-22H2,1-5H3. The normalized spacial score (nSPS) is 12.7. The van der Waals surface area contributed by atoms with Gasteiger partial charge in [-0.25, -0.2) is 0 Å². The first-order chi connectivity index (χ1) is 22.0. The molecule has 1 heterocycles. The Hall–Kier alpha value is -5.15. The number of methoxy groups -OCH3 is 3. The number of nitrogens with one attached hydrogen (secondary N) is 1. The lowest BCUT2D eigenvalue weighted by Crippen LogP contribution is -2.19. The van der Waals surface area contributed by atoms with Crippen LogP contribution in [0.4, 0.5) is 0 Å². The van der Waals surface area contributed by atoms with Crippen LogP contribution in [0.1, 0.15) is 22.3 Å². The molecule has 232 valence electrons. The number of hydrogen-bond donors (Lipinski definition) is 1. The van der Waals surface area contributed by atoms with E-state index in [1.54, 1.807) is 21.3 Å². The highest BCUT2D eigenvalue weighted by Crippen LogP contribution is 2.46. The minimum atomic E-state index is 0.234. The van der Waals surface area contributed by atoms with Gasteiger partial charge in [0, 0.05) is 34.1 Å². The number of hydrogen-bond acceptors (Lipinski definition) is 8. The van der Waals surface area contributed by atoms with Gasteiger partial charge in [-0.2, -0.15) is 0 Å². The second-order valence-electron chi connectivity index (χ2n) is 11.0. The number of ether oxygens (including phenoxy) is 5. The fourth-order valence-electron chi connectivity index (χ4n) is 5.39. The highest BCUT2D eigenvalue weighted by atomic mass is 16.6. The third kappa shape index (κ3) is 6.25. The van der Waals surface area contributed by atoms with Crippen molar-refractivity contribution in [3.8, 4) is 40.0 Å². The molecular formula is C36H37N3O6. The SMILES string of the molecule is COc1cc2c(cc1OC)-c1[nH]c3ccc(OCCN(C)C)cc3c1C2=NOCc1ccc(OCc2ccccc2)c(OC)c1. The summed E-state index contributed by atoms with van der Waals surface area (Å²) in [5.74, 6) is 3.33. The fraction of sp³-hybridized carbons (Fsp3) is 0.250. The lowest BCUT2D eigenvalue weighted by molar-refractivity contribution is 0.130. The van der Waals surface area contributed by atoms with Crippen molar-refractivity contribution >= 4 is 16.6 Å². The first-order valence-electron chi connectivity index (χ1n) is 14.7. The summed E-state index contributed by atoms with van der Waals surface area (Å²) in [7, 11) is 8.94. The van der Waals surface area contributed by atoms with E-state index in [1.165, 1.54) is 0 Å². The monoisotopic (exact) mass is 607 g/mol. The lowest BCUT2D eigenvalue weighted by atomic mass is 10.1. The number of oxime groups is 1. The van der Waals surface area contributed by atoms with Crippen molar-refractivity contribution in [2.75, 3.05) is 48.6 Å². The van der Waals surface area contributed by atoms with Crippen LogP contribution in [-0.4, -0.2) is 64.2 Å². The zero-order valence-corrected chi connectivity index (χ0v) is 26.2. The van der Waals surface area contributed by atoms with Gasteiger partial charge in [0.15, 0.2) is 23.0 Å². The molecule has 9 nitrogen and oxygen atoms in total. The molecule has 45 heavy (non-hydrogen) atoms. The Morgan fingerprint density at radius 2 is 1.42 bits per heavy atom. The third-order valence-corrected chi connectivity index (χ3v) is 7.71. The molecule has 9 heteroatoms. The van der Waals surface area contributed by atoms with E-state index in [-0.39, 0.29) is 6.61 Å². The maximum atomic E-state index is 6.06. The average molecular weight is 608 g/mol. The number of nitrogens with zero attached hydrogens (tertiary/aromatic N) is 2. The zero-order chi connectivity index (χ0) is 31.3. The Balaban J connectivity index is 1.29. The first-order valence-corrected chi connectivity index (χ1v) is 14.7. The molecule has 1 aromatic heterocycles. The second kappa shape index (κ2) is 13.2. The Labute approximate surface area is 262 Å². The van der Waals surface area contributed by atoms with E-state index in [2.05, 4.69) is 16.0 Å². The smallest absolute Gasteiger partial charge is 0.161 e. The molecule has 4 aromatic carbocycles. The van der Waals surface area contributed by atoms with Gasteiger partial charge in [-0.3, -0.25) is 0 Å². The summed E-state index contributed by atoms with van der Waals surface area (Å²) in [5.41, 5.74) is 7.37. The molecule has 0 radical (unpaired) electrons. The van der Waals surface area contributed by atoms with Crippen LogP contribution in [0.3, 0.4) is 0 Å². The summed E-state index contributed by atoms with van der Waals surface area (Å²) in [6, 6.07) is 25.7.